The Morgan fingerprint density at radius 1 is 1.13 bits per heavy atom. The predicted molar refractivity (Wildman–Crippen MR) is 92.5 cm³/mol. The lowest BCUT2D eigenvalue weighted by molar-refractivity contribution is -0.137. The van der Waals surface area contributed by atoms with Crippen LogP contribution in [0.1, 0.15) is 11.3 Å². The third kappa shape index (κ3) is 5.58. The largest absolute Gasteiger partial charge is 0.455 e. The zero-order valence-corrected chi connectivity index (χ0v) is 14.2. The van der Waals surface area contributed by atoms with Crippen molar-refractivity contribution in [3.63, 3.8) is 0 Å². The second kappa shape index (κ2) is 8.56. The fraction of sp³-hybridized carbons (Fsp3) is 0.143. The molecule has 0 aliphatic heterocycles. The first-order valence-electron chi connectivity index (χ1n) is 6.14. The highest BCUT2D eigenvalue weighted by Crippen LogP contribution is 2.37. The number of benzene rings is 1. The average molecular weight is 438 g/mol. The van der Waals surface area contributed by atoms with Gasteiger partial charge in [0, 0.05) is 5.56 Å². The number of halogens is 4. The van der Waals surface area contributed by atoms with Crippen molar-refractivity contribution in [3.05, 3.63) is 47.7 Å². The Morgan fingerprint density at radius 2 is 1.78 bits per heavy atom. The number of nitrogens with zero attached hydrogens (tertiary/aromatic N) is 2. The molecule has 5 nitrogen and oxygen atoms in total. The number of furan rings is 1. The molecule has 4 N–H and O–H groups in total. The average Bonchev–Trinajstić information content (AvgIpc) is 2.97. The van der Waals surface area contributed by atoms with Gasteiger partial charge in [-0.1, -0.05) is 40.8 Å². The molecule has 0 amide bonds. The molecule has 0 radical (unpaired) electrons. The van der Waals surface area contributed by atoms with E-state index in [0.717, 1.165) is 6.07 Å². The molecule has 1 heterocycles. The summed E-state index contributed by atoms with van der Waals surface area (Å²) in [6, 6.07) is 8.02. The summed E-state index contributed by atoms with van der Waals surface area (Å²) in [6.07, 6.45) is -3.27. The number of nitrogens with two attached hydrogens (primary N) is 2. The van der Waals surface area contributed by atoms with E-state index < -0.39 is 11.7 Å². The van der Waals surface area contributed by atoms with Gasteiger partial charge in [0.1, 0.15) is 11.5 Å². The molecule has 0 spiro atoms. The van der Waals surface area contributed by atoms with Crippen molar-refractivity contribution in [2.24, 2.45) is 21.7 Å². The number of rotatable bonds is 3. The molecular formula is C14H14F3IN4O. The van der Waals surface area contributed by atoms with Gasteiger partial charge in [-0.3, -0.25) is 0 Å². The molecule has 124 valence electrons. The zero-order chi connectivity index (χ0) is 17.5. The van der Waals surface area contributed by atoms with Crippen molar-refractivity contribution < 1.29 is 17.6 Å². The van der Waals surface area contributed by atoms with Crippen LogP contribution in [-0.4, -0.2) is 17.1 Å². The Balaban J connectivity index is 0.00000127. The van der Waals surface area contributed by atoms with Crippen molar-refractivity contribution in [3.8, 4) is 11.3 Å². The summed E-state index contributed by atoms with van der Waals surface area (Å²) in [6.45, 7) is 0. The van der Waals surface area contributed by atoms with Crippen molar-refractivity contribution in [2.75, 3.05) is 4.93 Å². The maximum atomic E-state index is 12.9. The van der Waals surface area contributed by atoms with Crippen molar-refractivity contribution in [2.45, 2.75) is 6.18 Å². The summed E-state index contributed by atoms with van der Waals surface area (Å²) in [5, 5.41) is 6.88. The first-order chi connectivity index (χ1) is 10.9. The maximum Gasteiger partial charge on any atom is 0.417 e. The second-order valence-corrected chi connectivity index (χ2v) is 4.01. The van der Waals surface area contributed by atoms with Crippen molar-refractivity contribution >= 4 is 34.8 Å². The summed E-state index contributed by atoms with van der Waals surface area (Å²) in [5.41, 5.74) is 9.34. The lowest BCUT2D eigenvalue weighted by Crippen LogP contribution is -2.21. The smallest absolute Gasteiger partial charge is 0.417 e. The summed E-state index contributed by atoms with van der Waals surface area (Å²) >= 11 is 2.15. The molecule has 0 saturated carbocycles. The van der Waals surface area contributed by atoms with Gasteiger partial charge in [-0.15, -0.1) is 5.10 Å². The Morgan fingerprint density at radius 3 is 2.39 bits per heavy atom. The van der Waals surface area contributed by atoms with Crippen LogP contribution in [0.15, 0.2) is 51.0 Å². The van der Waals surface area contributed by atoms with Gasteiger partial charge in [-0.2, -0.15) is 18.3 Å². The number of alkyl halides is 4. The van der Waals surface area contributed by atoms with E-state index >= 15 is 0 Å². The van der Waals surface area contributed by atoms with Crippen LogP contribution in [0.2, 0.25) is 0 Å². The van der Waals surface area contributed by atoms with E-state index in [1.54, 1.807) is 0 Å². The number of hydrogen-bond donors (Lipinski definition) is 2. The van der Waals surface area contributed by atoms with Crippen LogP contribution >= 0.6 is 22.6 Å². The molecule has 23 heavy (non-hydrogen) atoms. The molecule has 2 aromatic rings. The first kappa shape index (κ1) is 19.0. The summed E-state index contributed by atoms with van der Waals surface area (Å²) in [7, 11) is 0. The van der Waals surface area contributed by atoms with Crippen LogP contribution in [0.4, 0.5) is 13.2 Å². The number of guanidine groups is 1. The Hall–Kier alpha value is -2.04. The molecular weight excluding hydrogens is 424 g/mol. The van der Waals surface area contributed by atoms with Crippen LogP contribution < -0.4 is 11.5 Å². The minimum Gasteiger partial charge on any atom is -0.455 e. The Labute approximate surface area is 144 Å². The topological polar surface area (TPSA) is 89.9 Å². The molecule has 0 bridgehead atoms. The molecule has 0 fully saturated rings. The molecule has 0 aliphatic rings. The van der Waals surface area contributed by atoms with Crippen LogP contribution in [0.3, 0.4) is 0 Å². The van der Waals surface area contributed by atoms with Crippen LogP contribution in [0.25, 0.3) is 11.3 Å². The fourth-order valence-electron chi connectivity index (χ4n) is 1.66. The van der Waals surface area contributed by atoms with Gasteiger partial charge < -0.3 is 15.9 Å². The fourth-order valence-corrected chi connectivity index (χ4v) is 1.66. The minimum absolute atomic E-state index is 0.0495. The summed E-state index contributed by atoms with van der Waals surface area (Å²) in [4.78, 5) is 1.97. The third-order valence-electron chi connectivity index (χ3n) is 2.48. The van der Waals surface area contributed by atoms with Gasteiger partial charge in [0.2, 0.25) is 5.96 Å². The van der Waals surface area contributed by atoms with Crippen LogP contribution in [-0.2, 0) is 6.18 Å². The molecule has 9 heteroatoms. The van der Waals surface area contributed by atoms with Crippen molar-refractivity contribution in [1.82, 2.24) is 0 Å². The molecule has 0 atom stereocenters. The highest BCUT2D eigenvalue weighted by molar-refractivity contribution is 14.1. The van der Waals surface area contributed by atoms with E-state index in [-0.39, 0.29) is 23.0 Å². The molecule has 0 aliphatic carbocycles. The standard InChI is InChI=1S/C13H11F3N4O.CH3I/c14-13(15,16)10-4-2-1-3-9(10)11-6-5-8(21-11)7-19-20-12(17)18;1-2/h1-7H,(H4,17,18,20);1H3/b19-7+;. The van der Waals surface area contributed by atoms with Crippen LogP contribution in [0.5, 0.6) is 0 Å². The monoisotopic (exact) mass is 438 g/mol. The number of hydrogen-bond acceptors (Lipinski definition) is 3. The lowest BCUT2D eigenvalue weighted by atomic mass is 10.1. The molecule has 0 saturated heterocycles. The van der Waals surface area contributed by atoms with E-state index in [1.165, 1.54) is 36.5 Å². The summed E-state index contributed by atoms with van der Waals surface area (Å²) in [5.74, 6) is 0.0708. The first-order valence-corrected chi connectivity index (χ1v) is 8.30. The highest BCUT2D eigenvalue weighted by Gasteiger charge is 2.33. The Kier molecular flexibility index (Phi) is 7.07. The molecule has 2 rings (SSSR count). The highest BCUT2D eigenvalue weighted by atomic mass is 127. The van der Waals surface area contributed by atoms with E-state index in [0.29, 0.717) is 0 Å². The van der Waals surface area contributed by atoms with Gasteiger partial charge in [-0.25, -0.2) is 0 Å². The van der Waals surface area contributed by atoms with Crippen molar-refractivity contribution in [1.29, 1.82) is 0 Å². The third-order valence-corrected chi connectivity index (χ3v) is 2.48. The predicted octanol–water partition coefficient (Wildman–Crippen LogP) is 3.62. The van der Waals surface area contributed by atoms with Gasteiger partial charge in [0.05, 0.1) is 11.8 Å². The summed E-state index contributed by atoms with van der Waals surface area (Å²) < 4.78 is 44.0. The van der Waals surface area contributed by atoms with E-state index in [2.05, 4.69) is 32.8 Å². The quantitative estimate of drug-likeness (QED) is 0.252. The van der Waals surface area contributed by atoms with Gasteiger partial charge >= 0.3 is 6.18 Å². The zero-order valence-electron chi connectivity index (χ0n) is 12.0. The van der Waals surface area contributed by atoms with Crippen LogP contribution in [0, 0.1) is 0 Å². The molecule has 1 aromatic carbocycles. The second-order valence-electron chi connectivity index (χ2n) is 4.01. The van der Waals surface area contributed by atoms with Gasteiger partial charge in [0.25, 0.3) is 0 Å². The molecule has 0 unspecified atom stereocenters. The van der Waals surface area contributed by atoms with Gasteiger partial charge in [0.15, 0.2) is 0 Å². The molecule has 1 aromatic heterocycles. The van der Waals surface area contributed by atoms with Gasteiger partial charge in [-0.05, 0) is 23.1 Å². The Bertz CT molecular complexity index is 691. The maximum absolute atomic E-state index is 12.9. The van der Waals surface area contributed by atoms with E-state index in [9.17, 15) is 13.2 Å². The van der Waals surface area contributed by atoms with E-state index in [4.69, 9.17) is 15.9 Å². The van der Waals surface area contributed by atoms with E-state index in [1.807, 2.05) is 4.93 Å². The SMILES string of the molecule is CI.NC(N)=N/N=C/c1ccc(-c2ccccc2C(F)(F)F)o1. The normalized spacial score (nSPS) is 11.0. The minimum atomic E-state index is -4.46. The lowest BCUT2D eigenvalue weighted by Gasteiger charge is -2.10.